The number of aliphatic hydroxyl groups excluding tert-OH is 1. The van der Waals surface area contributed by atoms with Gasteiger partial charge in [-0.2, -0.15) is 4.98 Å². The Morgan fingerprint density at radius 2 is 2.21 bits per heavy atom. The fraction of sp³-hybridized carbons (Fsp3) is 0.385. The summed E-state index contributed by atoms with van der Waals surface area (Å²) in [5, 5.41) is 13.1. The minimum atomic E-state index is -0.0874. The smallest absolute Gasteiger partial charge is 0.264 e. The van der Waals surface area contributed by atoms with Crippen LogP contribution in [0.25, 0.3) is 0 Å². The molecule has 6 heteroatoms. The summed E-state index contributed by atoms with van der Waals surface area (Å²) >= 11 is 3.39. The molecule has 19 heavy (non-hydrogen) atoms. The Bertz CT molecular complexity index is 555. The van der Waals surface area contributed by atoms with E-state index < -0.39 is 0 Å². The minimum Gasteiger partial charge on any atom is -0.482 e. The van der Waals surface area contributed by atoms with Crippen LogP contribution in [0, 0.1) is 0 Å². The van der Waals surface area contributed by atoms with E-state index in [2.05, 4.69) is 26.1 Å². The van der Waals surface area contributed by atoms with Gasteiger partial charge >= 0.3 is 0 Å². The number of hydrogen-bond donors (Lipinski definition) is 1. The number of nitrogens with zero attached hydrogens (tertiary/aromatic N) is 2. The molecule has 1 aromatic carbocycles. The van der Waals surface area contributed by atoms with E-state index >= 15 is 0 Å². The molecule has 2 rings (SSSR count). The third kappa shape index (κ3) is 3.33. The van der Waals surface area contributed by atoms with Crippen molar-refractivity contribution >= 4 is 15.9 Å². The topological polar surface area (TPSA) is 68.4 Å². The molecule has 1 heterocycles. The molecule has 0 unspecified atom stereocenters. The van der Waals surface area contributed by atoms with Crippen LogP contribution in [0.4, 0.5) is 0 Å². The molecule has 0 saturated heterocycles. The number of aromatic nitrogens is 2. The van der Waals surface area contributed by atoms with Crippen molar-refractivity contribution in [1.82, 2.24) is 10.1 Å². The molecule has 0 fully saturated rings. The average molecular weight is 327 g/mol. The number of aliphatic hydroxyl groups is 1. The molecule has 2 aromatic rings. The van der Waals surface area contributed by atoms with Crippen LogP contribution in [0.15, 0.2) is 27.2 Å². The fourth-order valence-corrected chi connectivity index (χ4v) is 2.06. The lowest BCUT2D eigenvalue weighted by Crippen LogP contribution is -2.00. The van der Waals surface area contributed by atoms with E-state index in [-0.39, 0.29) is 19.1 Å². The molecule has 0 amide bonds. The molecule has 1 N–H and O–H groups in total. The van der Waals surface area contributed by atoms with Gasteiger partial charge in [0.15, 0.2) is 12.4 Å². The summed E-state index contributed by atoms with van der Waals surface area (Å²) in [6, 6.07) is 5.49. The second kappa shape index (κ2) is 6.16. The van der Waals surface area contributed by atoms with Crippen LogP contribution < -0.4 is 4.74 Å². The molecule has 0 radical (unpaired) electrons. The molecule has 0 spiro atoms. The van der Waals surface area contributed by atoms with Crippen molar-refractivity contribution < 1.29 is 14.4 Å². The normalized spacial score (nSPS) is 11.0. The van der Waals surface area contributed by atoms with Gasteiger partial charge in [0.1, 0.15) is 5.75 Å². The quantitative estimate of drug-likeness (QED) is 0.914. The van der Waals surface area contributed by atoms with Gasteiger partial charge in [-0.25, -0.2) is 0 Å². The molecule has 0 aliphatic carbocycles. The molecule has 0 aliphatic rings. The molecule has 102 valence electrons. The van der Waals surface area contributed by atoms with Gasteiger partial charge in [0, 0.05) is 11.5 Å². The SMILES string of the molecule is CC(C)c1noc(COc2c(Br)cccc2CO)n1. The minimum absolute atomic E-state index is 0.0874. The number of ether oxygens (including phenoxy) is 1. The summed E-state index contributed by atoms with van der Waals surface area (Å²) in [6.45, 7) is 4.07. The highest BCUT2D eigenvalue weighted by Gasteiger charge is 2.12. The van der Waals surface area contributed by atoms with Crippen LogP contribution in [0.2, 0.25) is 0 Å². The van der Waals surface area contributed by atoms with Gasteiger partial charge in [-0.1, -0.05) is 31.1 Å². The van der Waals surface area contributed by atoms with Crippen LogP contribution in [0.3, 0.4) is 0 Å². The number of para-hydroxylation sites is 1. The molecule has 0 saturated carbocycles. The highest BCUT2D eigenvalue weighted by Crippen LogP contribution is 2.29. The van der Waals surface area contributed by atoms with Gasteiger partial charge in [-0.15, -0.1) is 0 Å². The van der Waals surface area contributed by atoms with Crippen LogP contribution in [-0.2, 0) is 13.2 Å². The molecule has 1 aromatic heterocycles. The predicted molar refractivity (Wildman–Crippen MR) is 72.8 cm³/mol. The van der Waals surface area contributed by atoms with Crippen LogP contribution in [0.5, 0.6) is 5.75 Å². The van der Waals surface area contributed by atoms with Crippen LogP contribution in [-0.4, -0.2) is 15.2 Å². The first kappa shape index (κ1) is 14.0. The van der Waals surface area contributed by atoms with E-state index in [1.807, 2.05) is 26.0 Å². The van der Waals surface area contributed by atoms with Crippen LogP contribution in [0.1, 0.15) is 37.0 Å². The molecule has 0 atom stereocenters. The predicted octanol–water partition coefficient (Wildman–Crippen LogP) is 3.03. The van der Waals surface area contributed by atoms with Gasteiger partial charge in [0.05, 0.1) is 11.1 Å². The third-order valence-electron chi connectivity index (χ3n) is 2.56. The Kier molecular flexibility index (Phi) is 4.55. The molecular formula is C13H15BrN2O3. The zero-order chi connectivity index (χ0) is 13.8. The summed E-state index contributed by atoms with van der Waals surface area (Å²) in [5.74, 6) is 1.89. The van der Waals surface area contributed by atoms with E-state index in [1.165, 1.54) is 0 Å². The summed E-state index contributed by atoms with van der Waals surface area (Å²) in [4.78, 5) is 4.23. The molecule has 5 nitrogen and oxygen atoms in total. The first-order valence-corrected chi connectivity index (χ1v) is 6.74. The summed E-state index contributed by atoms with van der Waals surface area (Å²) < 4.78 is 11.5. The Morgan fingerprint density at radius 1 is 1.42 bits per heavy atom. The molecule has 0 aliphatic heterocycles. The average Bonchev–Trinajstić information content (AvgIpc) is 2.86. The van der Waals surface area contributed by atoms with Gasteiger partial charge in [0.2, 0.25) is 0 Å². The van der Waals surface area contributed by atoms with Crippen molar-refractivity contribution in [2.24, 2.45) is 0 Å². The number of benzene rings is 1. The van der Waals surface area contributed by atoms with Crippen molar-refractivity contribution in [3.63, 3.8) is 0 Å². The molecular weight excluding hydrogens is 312 g/mol. The van der Waals surface area contributed by atoms with Gasteiger partial charge in [-0.3, -0.25) is 0 Å². The van der Waals surface area contributed by atoms with Crippen molar-refractivity contribution in [2.45, 2.75) is 33.0 Å². The highest BCUT2D eigenvalue weighted by atomic mass is 79.9. The van der Waals surface area contributed by atoms with Crippen molar-refractivity contribution in [2.75, 3.05) is 0 Å². The fourth-order valence-electron chi connectivity index (χ4n) is 1.53. The number of halogens is 1. The standard InChI is InChI=1S/C13H15BrN2O3/c1-8(2)13-15-11(19-16-13)7-18-12-9(6-17)4-3-5-10(12)14/h3-5,8,17H,6-7H2,1-2H3. The Hall–Kier alpha value is -1.40. The lowest BCUT2D eigenvalue weighted by atomic mass is 10.2. The van der Waals surface area contributed by atoms with E-state index in [0.29, 0.717) is 23.0 Å². The number of hydrogen-bond acceptors (Lipinski definition) is 5. The highest BCUT2D eigenvalue weighted by molar-refractivity contribution is 9.10. The second-order valence-corrected chi connectivity index (χ2v) is 5.23. The zero-order valence-electron chi connectivity index (χ0n) is 10.8. The van der Waals surface area contributed by atoms with Crippen molar-refractivity contribution in [3.05, 3.63) is 40.0 Å². The van der Waals surface area contributed by atoms with Gasteiger partial charge in [-0.05, 0) is 22.0 Å². The van der Waals surface area contributed by atoms with Crippen molar-refractivity contribution in [3.8, 4) is 5.75 Å². The van der Waals surface area contributed by atoms with Crippen molar-refractivity contribution in [1.29, 1.82) is 0 Å². The van der Waals surface area contributed by atoms with Crippen LogP contribution >= 0.6 is 15.9 Å². The van der Waals surface area contributed by atoms with Gasteiger partial charge < -0.3 is 14.4 Å². The van der Waals surface area contributed by atoms with E-state index in [4.69, 9.17) is 9.26 Å². The first-order chi connectivity index (χ1) is 9.11. The third-order valence-corrected chi connectivity index (χ3v) is 3.18. The van der Waals surface area contributed by atoms with E-state index in [0.717, 1.165) is 4.47 Å². The largest absolute Gasteiger partial charge is 0.482 e. The molecule has 0 bridgehead atoms. The lowest BCUT2D eigenvalue weighted by molar-refractivity contribution is 0.227. The maximum absolute atomic E-state index is 9.26. The maximum atomic E-state index is 9.26. The Labute approximate surface area is 119 Å². The summed E-state index contributed by atoms with van der Waals surface area (Å²) in [7, 11) is 0. The lowest BCUT2D eigenvalue weighted by Gasteiger charge is -2.09. The monoisotopic (exact) mass is 326 g/mol. The zero-order valence-corrected chi connectivity index (χ0v) is 12.3. The first-order valence-electron chi connectivity index (χ1n) is 5.95. The van der Waals surface area contributed by atoms with Gasteiger partial charge in [0.25, 0.3) is 5.89 Å². The van der Waals surface area contributed by atoms with E-state index in [9.17, 15) is 5.11 Å². The Balaban J connectivity index is 2.09. The summed E-state index contributed by atoms with van der Waals surface area (Å²) in [6.07, 6.45) is 0. The Morgan fingerprint density at radius 3 is 2.84 bits per heavy atom. The number of rotatable bonds is 5. The second-order valence-electron chi connectivity index (χ2n) is 4.38. The van der Waals surface area contributed by atoms with E-state index in [1.54, 1.807) is 6.07 Å². The summed E-state index contributed by atoms with van der Waals surface area (Å²) in [5.41, 5.74) is 0.706. The maximum Gasteiger partial charge on any atom is 0.264 e.